The highest BCUT2D eigenvalue weighted by Gasteiger charge is 2.64. The highest BCUT2D eigenvalue weighted by atomic mass is 16.4. The average molecular weight is 308 g/mol. The van der Waals surface area contributed by atoms with Gasteiger partial charge in [0.25, 0.3) is 0 Å². The maximum absolute atomic E-state index is 11.7. The summed E-state index contributed by atoms with van der Waals surface area (Å²) in [5.41, 5.74) is -1.58. The third-order valence-electron chi connectivity index (χ3n) is 8.18. The first kappa shape index (κ1) is 15.4. The van der Waals surface area contributed by atoms with Crippen molar-refractivity contribution < 1.29 is 15.3 Å². The Hall–Kier alpha value is -0.120. The molecule has 6 unspecified atom stereocenters. The van der Waals surface area contributed by atoms with Crippen molar-refractivity contribution in [2.24, 2.45) is 23.2 Å². The zero-order chi connectivity index (χ0) is 15.6. The maximum Gasteiger partial charge on any atom is 0.0966 e. The van der Waals surface area contributed by atoms with Crippen LogP contribution in [0.2, 0.25) is 0 Å². The van der Waals surface area contributed by atoms with Crippen LogP contribution in [0.3, 0.4) is 0 Å². The maximum atomic E-state index is 11.7. The first-order valence-corrected chi connectivity index (χ1v) is 9.49. The fourth-order valence-corrected chi connectivity index (χ4v) is 6.84. The molecule has 126 valence electrons. The number of aliphatic hydroxyl groups excluding tert-OH is 1. The molecule has 7 atom stereocenters. The molecule has 0 spiro atoms. The standard InChI is InChI=1S/C19H32O3/c1-17-7-2-3-16(17)19(22)8-6-13-4-5-15(20)11-14(13)12-18(19,21)10-9-17/h13-16,20-22H,2-12H2,1H3/t13?,14?,15?,16?,17?,18?,19-/m0/s1. The Morgan fingerprint density at radius 1 is 0.864 bits per heavy atom. The van der Waals surface area contributed by atoms with Gasteiger partial charge in [-0.05, 0) is 87.4 Å². The fraction of sp³-hybridized carbons (Fsp3) is 1.00. The van der Waals surface area contributed by atoms with Gasteiger partial charge in [-0.25, -0.2) is 0 Å². The van der Waals surface area contributed by atoms with Gasteiger partial charge in [-0.15, -0.1) is 0 Å². The zero-order valence-electron chi connectivity index (χ0n) is 13.9. The SMILES string of the molecule is CC12CCCC1[C@@]1(O)CCC3CCC(O)CC3CC1(O)CC2. The molecular weight excluding hydrogens is 276 g/mol. The van der Waals surface area contributed by atoms with E-state index in [9.17, 15) is 15.3 Å². The Bertz CT molecular complexity index is 452. The second-order valence-corrected chi connectivity index (χ2v) is 9.28. The Morgan fingerprint density at radius 2 is 1.68 bits per heavy atom. The van der Waals surface area contributed by atoms with E-state index in [0.29, 0.717) is 18.3 Å². The molecule has 0 bridgehead atoms. The molecule has 4 rings (SSSR count). The van der Waals surface area contributed by atoms with Crippen molar-refractivity contribution in [2.75, 3.05) is 0 Å². The fourth-order valence-electron chi connectivity index (χ4n) is 6.84. The third kappa shape index (κ3) is 2.04. The smallest absolute Gasteiger partial charge is 0.0966 e. The Labute approximate surface area is 134 Å². The van der Waals surface area contributed by atoms with Gasteiger partial charge < -0.3 is 15.3 Å². The molecule has 4 aliphatic carbocycles. The molecular formula is C19H32O3. The summed E-state index contributed by atoms with van der Waals surface area (Å²) in [4.78, 5) is 0. The molecule has 0 amide bonds. The lowest BCUT2D eigenvalue weighted by atomic mass is 9.54. The van der Waals surface area contributed by atoms with Crippen LogP contribution in [0.5, 0.6) is 0 Å². The van der Waals surface area contributed by atoms with Crippen LogP contribution in [0, 0.1) is 23.2 Å². The van der Waals surface area contributed by atoms with E-state index in [1.807, 2.05) is 0 Å². The number of aliphatic hydroxyl groups is 3. The molecule has 0 aromatic heterocycles. The predicted octanol–water partition coefficient (Wildman–Crippen LogP) is 3.01. The second kappa shape index (κ2) is 4.94. The van der Waals surface area contributed by atoms with Crippen molar-refractivity contribution in [3.8, 4) is 0 Å². The van der Waals surface area contributed by atoms with Crippen molar-refractivity contribution in [1.82, 2.24) is 0 Å². The van der Waals surface area contributed by atoms with E-state index < -0.39 is 11.2 Å². The van der Waals surface area contributed by atoms with E-state index in [1.165, 1.54) is 12.8 Å². The highest BCUT2D eigenvalue weighted by Crippen LogP contribution is 2.63. The van der Waals surface area contributed by atoms with Crippen LogP contribution in [-0.4, -0.2) is 32.6 Å². The van der Waals surface area contributed by atoms with E-state index >= 15 is 0 Å². The van der Waals surface area contributed by atoms with E-state index in [2.05, 4.69) is 6.92 Å². The normalized spacial score (nSPS) is 58.4. The van der Waals surface area contributed by atoms with Crippen LogP contribution in [0.1, 0.15) is 77.6 Å². The van der Waals surface area contributed by atoms with Crippen LogP contribution in [-0.2, 0) is 0 Å². The first-order valence-electron chi connectivity index (χ1n) is 9.49. The monoisotopic (exact) mass is 308 g/mol. The molecule has 3 heteroatoms. The number of hydrogen-bond acceptors (Lipinski definition) is 3. The number of rotatable bonds is 0. The minimum Gasteiger partial charge on any atom is -0.393 e. The van der Waals surface area contributed by atoms with Crippen LogP contribution in [0.15, 0.2) is 0 Å². The summed E-state index contributed by atoms with van der Waals surface area (Å²) in [7, 11) is 0. The molecule has 22 heavy (non-hydrogen) atoms. The van der Waals surface area contributed by atoms with Crippen LogP contribution < -0.4 is 0 Å². The van der Waals surface area contributed by atoms with E-state index in [-0.39, 0.29) is 17.4 Å². The van der Waals surface area contributed by atoms with Gasteiger partial charge in [0.2, 0.25) is 0 Å². The summed E-state index contributed by atoms with van der Waals surface area (Å²) >= 11 is 0. The zero-order valence-corrected chi connectivity index (χ0v) is 13.9. The van der Waals surface area contributed by atoms with Gasteiger partial charge in [-0.1, -0.05) is 13.3 Å². The molecule has 3 N–H and O–H groups in total. The number of fused-ring (bicyclic) bond motifs is 4. The average Bonchev–Trinajstić information content (AvgIpc) is 2.82. The van der Waals surface area contributed by atoms with Crippen LogP contribution >= 0.6 is 0 Å². The van der Waals surface area contributed by atoms with Crippen molar-refractivity contribution in [3.05, 3.63) is 0 Å². The lowest BCUT2D eigenvalue weighted by molar-refractivity contribution is -0.234. The van der Waals surface area contributed by atoms with Gasteiger partial charge in [0, 0.05) is 0 Å². The predicted molar refractivity (Wildman–Crippen MR) is 85.3 cm³/mol. The van der Waals surface area contributed by atoms with Gasteiger partial charge in [0.15, 0.2) is 0 Å². The molecule has 0 aromatic rings. The minimum absolute atomic E-state index is 0.198. The van der Waals surface area contributed by atoms with Gasteiger partial charge >= 0.3 is 0 Å². The minimum atomic E-state index is -0.919. The van der Waals surface area contributed by atoms with Crippen molar-refractivity contribution in [1.29, 1.82) is 0 Å². The largest absolute Gasteiger partial charge is 0.393 e. The Morgan fingerprint density at radius 3 is 2.50 bits per heavy atom. The van der Waals surface area contributed by atoms with Gasteiger partial charge in [0.05, 0.1) is 17.3 Å². The topological polar surface area (TPSA) is 60.7 Å². The van der Waals surface area contributed by atoms with Crippen molar-refractivity contribution in [3.63, 3.8) is 0 Å². The van der Waals surface area contributed by atoms with Gasteiger partial charge in [0.1, 0.15) is 0 Å². The molecule has 0 heterocycles. The lowest BCUT2D eigenvalue weighted by Crippen LogP contribution is -2.64. The number of hydrogen-bond donors (Lipinski definition) is 3. The molecule has 4 aliphatic rings. The van der Waals surface area contributed by atoms with E-state index in [1.54, 1.807) is 0 Å². The summed E-state index contributed by atoms with van der Waals surface area (Å²) in [6.45, 7) is 2.34. The summed E-state index contributed by atoms with van der Waals surface area (Å²) in [6, 6.07) is 0. The van der Waals surface area contributed by atoms with Crippen LogP contribution in [0.4, 0.5) is 0 Å². The highest BCUT2D eigenvalue weighted by molar-refractivity contribution is 5.16. The lowest BCUT2D eigenvalue weighted by Gasteiger charge is -2.56. The summed E-state index contributed by atoms with van der Waals surface area (Å²) in [5, 5.41) is 33.2. The van der Waals surface area contributed by atoms with E-state index in [4.69, 9.17) is 0 Å². The summed E-state index contributed by atoms with van der Waals surface area (Å²) in [5.74, 6) is 1.26. The quantitative estimate of drug-likeness (QED) is 0.644. The second-order valence-electron chi connectivity index (χ2n) is 9.28. The molecule has 4 fully saturated rings. The summed E-state index contributed by atoms with van der Waals surface area (Å²) in [6.07, 6.45) is 10.4. The molecule has 0 saturated heterocycles. The Kier molecular flexibility index (Phi) is 3.46. The van der Waals surface area contributed by atoms with Gasteiger partial charge in [-0.2, -0.15) is 0 Å². The van der Waals surface area contributed by atoms with E-state index in [0.717, 1.165) is 51.4 Å². The Balaban J connectivity index is 1.67. The van der Waals surface area contributed by atoms with Gasteiger partial charge in [-0.3, -0.25) is 0 Å². The summed E-state index contributed by atoms with van der Waals surface area (Å²) < 4.78 is 0. The van der Waals surface area contributed by atoms with Crippen molar-refractivity contribution >= 4 is 0 Å². The molecule has 0 radical (unpaired) electrons. The van der Waals surface area contributed by atoms with Crippen LogP contribution in [0.25, 0.3) is 0 Å². The van der Waals surface area contributed by atoms with Crippen molar-refractivity contribution in [2.45, 2.75) is 94.9 Å². The molecule has 0 aromatic carbocycles. The third-order valence-corrected chi connectivity index (χ3v) is 8.18. The molecule has 3 nitrogen and oxygen atoms in total. The first-order chi connectivity index (χ1) is 10.4. The molecule has 0 aliphatic heterocycles. The molecule has 4 saturated carbocycles.